The quantitative estimate of drug-likeness (QED) is 0.575. The number of rotatable bonds is 4. The van der Waals surface area contributed by atoms with Gasteiger partial charge in [-0.05, 0) is 45.4 Å². The molecule has 0 unspecified atom stereocenters. The Bertz CT molecular complexity index is 899. The maximum atomic E-state index is 13.1. The molecule has 0 bridgehead atoms. The highest BCUT2D eigenvalue weighted by Gasteiger charge is 2.25. The van der Waals surface area contributed by atoms with E-state index in [0.29, 0.717) is 35.4 Å². The molecular weight excluding hydrogens is 388 g/mol. The molecule has 0 spiro atoms. The van der Waals surface area contributed by atoms with E-state index in [-0.39, 0.29) is 12.3 Å². The van der Waals surface area contributed by atoms with Crippen LogP contribution in [0.4, 0.5) is 10.5 Å². The van der Waals surface area contributed by atoms with Crippen LogP contribution >= 0.6 is 0 Å². The van der Waals surface area contributed by atoms with Gasteiger partial charge in [-0.25, -0.2) is 25.0 Å². The Balaban J connectivity index is 2.32. The van der Waals surface area contributed by atoms with Crippen LogP contribution in [-0.2, 0) is 14.3 Å². The molecule has 9 nitrogen and oxygen atoms in total. The Morgan fingerprint density at radius 3 is 2.57 bits per heavy atom. The van der Waals surface area contributed by atoms with Crippen LogP contribution in [0.5, 0.6) is 0 Å². The van der Waals surface area contributed by atoms with Gasteiger partial charge in [0.05, 0.1) is 18.4 Å². The molecule has 162 valence electrons. The number of hydrazine groups is 1. The third-order valence-electron chi connectivity index (χ3n) is 4.01. The normalized spacial score (nSPS) is 13.2. The van der Waals surface area contributed by atoms with Crippen molar-refractivity contribution in [2.75, 3.05) is 13.7 Å². The van der Waals surface area contributed by atoms with Crippen LogP contribution in [0.15, 0.2) is 28.8 Å². The molecule has 9 heteroatoms. The zero-order chi connectivity index (χ0) is 22.5. The van der Waals surface area contributed by atoms with Crippen LogP contribution in [0, 0.1) is 0 Å². The second-order valence-electron chi connectivity index (χ2n) is 7.79. The molecule has 0 aliphatic carbocycles. The van der Waals surface area contributed by atoms with Crippen molar-refractivity contribution in [1.82, 2.24) is 10.4 Å². The predicted octanol–water partition coefficient (Wildman–Crippen LogP) is 2.93. The summed E-state index contributed by atoms with van der Waals surface area (Å²) in [6.45, 7) is 7.40. The lowest BCUT2D eigenvalue weighted by Crippen LogP contribution is -2.49. The number of esters is 1. The van der Waals surface area contributed by atoms with E-state index < -0.39 is 23.6 Å². The van der Waals surface area contributed by atoms with Gasteiger partial charge in [-0.15, -0.1) is 0 Å². The minimum absolute atomic E-state index is 0.0945. The molecule has 2 rings (SSSR count). The smallest absolute Gasteiger partial charge is 0.426 e. The largest absolute Gasteiger partial charge is 0.465 e. The first-order chi connectivity index (χ1) is 14.0. The molecule has 3 N–H and O–H groups in total. The molecule has 1 aliphatic rings. The van der Waals surface area contributed by atoms with Crippen molar-refractivity contribution in [2.45, 2.75) is 46.1 Å². The number of fused-ring (bicyclic) bond motifs is 1. The first-order valence-electron chi connectivity index (χ1n) is 9.61. The van der Waals surface area contributed by atoms with E-state index in [1.807, 2.05) is 6.92 Å². The number of nitrogens with one attached hydrogen (secondary N) is 1. The molecule has 1 heterocycles. The molecule has 0 aromatic heterocycles. The van der Waals surface area contributed by atoms with Gasteiger partial charge in [0, 0.05) is 24.1 Å². The first kappa shape index (κ1) is 22.9. The van der Waals surface area contributed by atoms with Crippen molar-refractivity contribution in [3.8, 4) is 0 Å². The summed E-state index contributed by atoms with van der Waals surface area (Å²) in [6.07, 6.45) is 1.65. The Morgan fingerprint density at radius 1 is 1.27 bits per heavy atom. The summed E-state index contributed by atoms with van der Waals surface area (Å²) in [5, 5.41) is 1.21. The Kier molecular flexibility index (Phi) is 7.20. The second kappa shape index (κ2) is 9.43. The average Bonchev–Trinajstić information content (AvgIpc) is 2.82. The molecule has 0 fully saturated rings. The molecule has 1 aromatic rings. The van der Waals surface area contributed by atoms with Crippen molar-refractivity contribution in [1.29, 1.82) is 0 Å². The van der Waals surface area contributed by atoms with Crippen molar-refractivity contribution in [3.63, 3.8) is 0 Å². The van der Waals surface area contributed by atoms with Gasteiger partial charge in [-0.1, -0.05) is 13.0 Å². The third kappa shape index (κ3) is 6.07. The summed E-state index contributed by atoms with van der Waals surface area (Å²) < 4.78 is 9.97. The standard InChI is InChI=1S/C21H28N4O5/c1-6-9-25(24-20(28)30-21(2,3)4)18(26)15-10-13-7-8-14(19(27)29-5)11-16(13)23-17(22)12-15/h7-8,10-11H,6,9,12H2,1-5H3,(H2,22,23)(H,24,28). The summed E-state index contributed by atoms with van der Waals surface area (Å²) in [7, 11) is 1.29. The summed E-state index contributed by atoms with van der Waals surface area (Å²) in [5.74, 6) is -0.693. The lowest BCUT2D eigenvalue weighted by atomic mass is 10.0. The number of nitrogens with zero attached hydrogens (tertiary/aromatic N) is 2. The fourth-order valence-corrected chi connectivity index (χ4v) is 2.79. The van der Waals surface area contributed by atoms with E-state index in [4.69, 9.17) is 15.2 Å². The number of amides is 2. The summed E-state index contributed by atoms with van der Waals surface area (Å²) >= 11 is 0. The Labute approximate surface area is 175 Å². The van der Waals surface area contributed by atoms with E-state index in [9.17, 15) is 14.4 Å². The highest BCUT2D eigenvalue weighted by atomic mass is 16.6. The molecule has 0 saturated carbocycles. The number of methoxy groups -OCH3 is 1. The maximum Gasteiger partial charge on any atom is 0.426 e. The summed E-state index contributed by atoms with van der Waals surface area (Å²) in [4.78, 5) is 41.4. The molecular formula is C21H28N4O5. The van der Waals surface area contributed by atoms with E-state index in [0.717, 1.165) is 0 Å². The van der Waals surface area contributed by atoms with Crippen molar-refractivity contribution < 1.29 is 23.9 Å². The van der Waals surface area contributed by atoms with Gasteiger partial charge in [0.2, 0.25) is 0 Å². The predicted molar refractivity (Wildman–Crippen MR) is 113 cm³/mol. The number of nitrogens with two attached hydrogens (primary N) is 1. The van der Waals surface area contributed by atoms with Gasteiger partial charge in [-0.3, -0.25) is 4.79 Å². The lowest BCUT2D eigenvalue weighted by Gasteiger charge is -2.26. The summed E-state index contributed by atoms with van der Waals surface area (Å²) in [5.41, 5.74) is 9.58. The Morgan fingerprint density at radius 2 is 1.97 bits per heavy atom. The van der Waals surface area contributed by atoms with Crippen LogP contribution < -0.4 is 11.2 Å². The fraction of sp³-hybridized carbons (Fsp3) is 0.429. The van der Waals surface area contributed by atoms with Crippen LogP contribution in [0.3, 0.4) is 0 Å². The molecule has 0 atom stereocenters. The number of benzene rings is 1. The van der Waals surface area contributed by atoms with E-state index in [1.165, 1.54) is 12.1 Å². The topological polar surface area (TPSA) is 123 Å². The zero-order valence-electron chi connectivity index (χ0n) is 17.9. The summed E-state index contributed by atoms with van der Waals surface area (Å²) in [6, 6.07) is 4.81. The van der Waals surface area contributed by atoms with Crippen LogP contribution in [0.1, 0.15) is 56.5 Å². The van der Waals surface area contributed by atoms with E-state index in [1.54, 1.807) is 45.0 Å². The number of aliphatic imine (C=N–C) groups is 1. The fourth-order valence-electron chi connectivity index (χ4n) is 2.79. The number of hydrogen-bond donors (Lipinski definition) is 2. The minimum Gasteiger partial charge on any atom is -0.465 e. The van der Waals surface area contributed by atoms with Gasteiger partial charge in [0.1, 0.15) is 11.4 Å². The van der Waals surface area contributed by atoms with E-state index in [2.05, 4.69) is 10.4 Å². The minimum atomic E-state index is -0.719. The SMILES string of the molecule is CCCN(NC(=O)OC(C)(C)C)C(=O)C1=Cc2ccc(C(=O)OC)cc2N=C(N)C1. The van der Waals surface area contributed by atoms with Crippen molar-refractivity contribution in [3.05, 3.63) is 34.9 Å². The van der Waals surface area contributed by atoms with Crippen molar-refractivity contribution in [2.24, 2.45) is 10.7 Å². The van der Waals surface area contributed by atoms with Gasteiger partial charge in [0.25, 0.3) is 5.91 Å². The zero-order valence-corrected chi connectivity index (χ0v) is 17.9. The molecule has 0 radical (unpaired) electrons. The van der Waals surface area contributed by atoms with Crippen LogP contribution in [0.2, 0.25) is 0 Å². The number of carbonyl (C=O) groups excluding carboxylic acids is 3. The highest BCUT2D eigenvalue weighted by molar-refractivity contribution is 6.06. The number of hydrogen-bond acceptors (Lipinski definition) is 7. The second-order valence-corrected chi connectivity index (χ2v) is 7.79. The number of amidine groups is 1. The van der Waals surface area contributed by atoms with Gasteiger partial charge in [0.15, 0.2) is 0 Å². The maximum absolute atomic E-state index is 13.1. The van der Waals surface area contributed by atoms with Gasteiger partial charge >= 0.3 is 12.1 Å². The molecule has 1 aliphatic heterocycles. The average molecular weight is 416 g/mol. The first-order valence-corrected chi connectivity index (χ1v) is 9.61. The van der Waals surface area contributed by atoms with Gasteiger partial charge < -0.3 is 15.2 Å². The monoisotopic (exact) mass is 416 g/mol. The number of carbonyl (C=O) groups is 3. The lowest BCUT2D eigenvalue weighted by molar-refractivity contribution is -0.130. The molecule has 2 amide bonds. The van der Waals surface area contributed by atoms with Crippen molar-refractivity contribution >= 4 is 35.6 Å². The molecule has 30 heavy (non-hydrogen) atoms. The van der Waals surface area contributed by atoms with Crippen LogP contribution in [0.25, 0.3) is 6.08 Å². The van der Waals surface area contributed by atoms with E-state index >= 15 is 0 Å². The molecule has 0 saturated heterocycles. The Hall–Kier alpha value is -3.36. The highest BCUT2D eigenvalue weighted by Crippen LogP contribution is 2.28. The third-order valence-corrected chi connectivity index (χ3v) is 4.01. The number of ether oxygens (including phenoxy) is 2. The van der Waals surface area contributed by atoms with Crippen LogP contribution in [-0.4, -0.2) is 48.1 Å². The molecule has 1 aromatic carbocycles. The van der Waals surface area contributed by atoms with Gasteiger partial charge in [-0.2, -0.15) is 0 Å².